The van der Waals surface area contributed by atoms with Gasteiger partial charge in [-0.3, -0.25) is 0 Å². The molecule has 0 atom stereocenters. The number of alkyl halides is 12. The van der Waals surface area contributed by atoms with Crippen LogP contribution in [0.3, 0.4) is 0 Å². The van der Waals surface area contributed by atoms with E-state index in [1.54, 1.807) is 4.91 Å². The van der Waals surface area contributed by atoms with Crippen molar-refractivity contribution in [3.63, 3.8) is 0 Å². The molecule has 0 saturated carbocycles. The zero-order valence-corrected chi connectivity index (χ0v) is 13.0. The Kier molecular flexibility index (Phi) is 4.58. The quantitative estimate of drug-likeness (QED) is 0.176. The van der Waals surface area contributed by atoms with Gasteiger partial charge >= 0.3 is 134 Å². The molecule has 0 unspecified atom stereocenters. The molecule has 5 nitrogen and oxygen atoms in total. The maximum atomic E-state index is 13.2. The molecular weight excluding hydrogens is 429 g/mol. The molecule has 0 aliphatic carbocycles. The van der Waals surface area contributed by atoms with E-state index in [2.05, 4.69) is 13.9 Å². The van der Waals surface area contributed by atoms with Crippen LogP contribution in [-0.4, -0.2) is 49.2 Å². The number of nitrogens with zero attached hydrogens (tertiary/aromatic N) is 3. The molecule has 1 aliphatic heterocycles. The molecule has 0 aromatic rings. The van der Waals surface area contributed by atoms with Crippen LogP contribution in [0.25, 0.3) is 10.4 Å². The Balaban J connectivity index is 4.27. The van der Waals surface area contributed by atoms with Crippen LogP contribution >= 0.6 is 7.21 Å². The fourth-order valence-corrected chi connectivity index (χ4v) is 4.98. The van der Waals surface area contributed by atoms with Crippen molar-refractivity contribution >= 4 is 7.21 Å². The number of azide groups is 1. The van der Waals surface area contributed by atoms with Crippen molar-refractivity contribution in [1.82, 2.24) is 0 Å². The van der Waals surface area contributed by atoms with E-state index in [0.717, 1.165) is 0 Å². The first-order chi connectivity index (χ1) is 11.0. The molecule has 154 valence electrons. The zero-order chi connectivity index (χ0) is 21.3. The first kappa shape index (κ1) is 22.9. The molecule has 0 aromatic heterocycles. The van der Waals surface area contributed by atoms with Gasteiger partial charge in [0.1, 0.15) is 0 Å². The normalized spacial score (nSPS) is 26.5. The topological polar surface area (TPSA) is 67.2 Å². The summed E-state index contributed by atoms with van der Waals surface area (Å²) >= 11 is 0. The third-order valence-corrected chi connectivity index (χ3v) is 5.35. The van der Waals surface area contributed by atoms with Gasteiger partial charge in [0.2, 0.25) is 0 Å². The zero-order valence-electron chi connectivity index (χ0n) is 12.1. The van der Waals surface area contributed by atoms with Gasteiger partial charge in [0.05, 0.1) is 0 Å². The average molecular weight is 435 g/mol. The molecule has 0 bridgehead atoms. The fourth-order valence-electron chi connectivity index (χ4n) is 2.41. The van der Waals surface area contributed by atoms with E-state index in [1.165, 1.54) is 0 Å². The van der Waals surface area contributed by atoms with Crippen molar-refractivity contribution in [1.29, 1.82) is 0 Å². The summed E-state index contributed by atoms with van der Waals surface area (Å²) in [5.74, 6) is 0. The molecule has 1 heterocycles. The Bertz CT molecular complexity index is 569. The number of hydrogen-bond acceptors (Lipinski definition) is 3. The molecular formula is C8H6F12N3O2P. The molecule has 1 aliphatic rings. The predicted molar refractivity (Wildman–Crippen MR) is 59.8 cm³/mol. The van der Waals surface area contributed by atoms with Crippen molar-refractivity contribution in [2.45, 2.75) is 35.9 Å². The minimum absolute atomic E-state index is 0.114. The summed E-state index contributed by atoms with van der Waals surface area (Å²) in [5.41, 5.74) is -5.65. The van der Waals surface area contributed by atoms with Gasteiger partial charge < -0.3 is 0 Å². The monoisotopic (exact) mass is 435 g/mol. The Morgan fingerprint density at radius 3 is 1.08 bits per heavy atom. The van der Waals surface area contributed by atoms with Crippen molar-refractivity contribution in [3.05, 3.63) is 10.4 Å². The second-order valence-corrected chi connectivity index (χ2v) is 9.70. The third-order valence-electron chi connectivity index (χ3n) is 3.18. The first-order valence-electron chi connectivity index (χ1n) is 5.79. The van der Waals surface area contributed by atoms with Crippen molar-refractivity contribution in [2.24, 2.45) is 4.88 Å². The number of rotatable bonds is 1. The molecule has 0 spiro atoms. The predicted octanol–water partition coefficient (Wildman–Crippen LogP) is 5.63. The Morgan fingerprint density at radius 2 is 0.923 bits per heavy atom. The summed E-state index contributed by atoms with van der Waals surface area (Å²) < 4.78 is 165. The third kappa shape index (κ3) is 2.75. The van der Waals surface area contributed by atoms with E-state index in [-0.39, 0.29) is 13.3 Å². The molecule has 18 heteroatoms. The van der Waals surface area contributed by atoms with Gasteiger partial charge in [-0.1, -0.05) is 0 Å². The van der Waals surface area contributed by atoms with Crippen LogP contribution in [0.1, 0.15) is 0 Å². The molecule has 0 amide bonds. The van der Waals surface area contributed by atoms with Crippen molar-refractivity contribution in [2.75, 3.05) is 13.3 Å². The fraction of sp³-hybridized carbons (Fsp3) is 1.00. The Labute approximate surface area is 135 Å². The minimum atomic E-state index is -7.33. The van der Waals surface area contributed by atoms with E-state index < -0.39 is 43.1 Å². The van der Waals surface area contributed by atoms with Gasteiger partial charge in [0.15, 0.2) is 0 Å². The van der Waals surface area contributed by atoms with Crippen LogP contribution in [0.15, 0.2) is 4.88 Å². The molecule has 1 fully saturated rings. The summed E-state index contributed by atoms with van der Waals surface area (Å²) in [5, 5.41) is 0. The SMILES string of the molecule is CP1(C)(N=[N+]=[N-])OC(C(F)(F)F)(C(F)(F)F)C(C(F)(F)F)(C(F)(F)F)O1. The number of hydrogen-bond donors (Lipinski definition) is 0. The van der Waals surface area contributed by atoms with E-state index in [1.807, 2.05) is 0 Å². The summed E-state index contributed by atoms with van der Waals surface area (Å²) in [6.07, 6.45) is -29.3. The standard InChI is InChI=1S/C8H6F12N3O2P/c1-26(2,23-22-21)24-3(5(9,10)11,6(12,13)14)4(25-26,7(15,16)17)8(18,19)20/h1-2H3. The van der Waals surface area contributed by atoms with Gasteiger partial charge in [0.25, 0.3) is 0 Å². The second-order valence-electron chi connectivity index (χ2n) is 5.53. The molecule has 1 rings (SSSR count). The summed E-state index contributed by atoms with van der Waals surface area (Å²) in [6.45, 7) is -0.229. The van der Waals surface area contributed by atoms with Gasteiger partial charge in [-0.15, -0.1) is 0 Å². The first-order valence-corrected chi connectivity index (χ1v) is 8.70. The van der Waals surface area contributed by atoms with E-state index in [0.29, 0.717) is 0 Å². The van der Waals surface area contributed by atoms with Crippen LogP contribution < -0.4 is 0 Å². The summed E-state index contributed by atoms with van der Waals surface area (Å²) in [4.78, 5) is 3.88. The molecule has 0 aromatic carbocycles. The van der Waals surface area contributed by atoms with E-state index >= 15 is 0 Å². The number of halogens is 12. The second kappa shape index (κ2) is 5.20. The Hall–Kier alpha value is -1.18. The van der Waals surface area contributed by atoms with Gasteiger partial charge in [-0.05, 0) is 0 Å². The van der Waals surface area contributed by atoms with Crippen LogP contribution in [-0.2, 0) is 9.05 Å². The molecule has 0 N–H and O–H groups in total. The van der Waals surface area contributed by atoms with Crippen LogP contribution in [0.5, 0.6) is 0 Å². The van der Waals surface area contributed by atoms with Gasteiger partial charge in [-0.25, -0.2) is 0 Å². The van der Waals surface area contributed by atoms with E-state index in [9.17, 15) is 52.7 Å². The van der Waals surface area contributed by atoms with Crippen LogP contribution in [0.4, 0.5) is 52.7 Å². The van der Waals surface area contributed by atoms with Crippen LogP contribution in [0, 0.1) is 0 Å². The molecule has 1 saturated heterocycles. The van der Waals surface area contributed by atoms with Gasteiger partial charge in [0, 0.05) is 0 Å². The maximum absolute atomic E-state index is 13.2. The Morgan fingerprint density at radius 1 is 0.692 bits per heavy atom. The van der Waals surface area contributed by atoms with Crippen LogP contribution in [0.2, 0.25) is 0 Å². The van der Waals surface area contributed by atoms with E-state index in [4.69, 9.17) is 5.53 Å². The molecule has 0 radical (unpaired) electrons. The van der Waals surface area contributed by atoms with Gasteiger partial charge in [-0.2, -0.15) is 0 Å². The summed E-state index contributed by atoms with van der Waals surface area (Å²) in [6, 6.07) is 0. The van der Waals surface area contributed by atoms with Crippen molar-refractivity contribution < 1.29 is 61.7 Å². The summed E-state index contributed by atoms with van der Waals surface area (Å²) in [7, 11) is -6.46. The average Bonchev–Trinajstić information content (AvgIpc) is 2.54. The van der Waals surface area contributed by atoms with Crippen molar-refractivity contribution in [3.8, 4) is 0 Å². The molecule has 26 heavy (non-hydrogen) atoms.